The van der Waals surface area contributed by atoms with Gasteiger partial charge in [-0.25, -0.2) is 4.79 Å². The van der Waals surface area contributed by atoms with E-state index in [1.807, 2.05) is 13.8 Å². The van der Waals surface area contributed by atoms with Gasteiger partial charge in [0.05, 0.1) is 0 Å². The van der Waals surface area contributed by atoms with Gasteiger partial charge in [-0.2, -0.15) is 0 Å². The number of alkyl carbamates (subject to hydrolysis) is 1. The van der Waals surface area contributed by atoms with Crippen LogP contribution in [0.5, 0.6) is 5.75 Å². The summed E-state index contributed by atoms with van der Waals surface area (Å²) in [7, 11) is 0. The number of phenolic OH excluding ortho intramolecular Hbond substituents is 1. The number of amides is 3. The van der Waals surface area contributed by atoms with Crippen molar-refractivity contribution in [1.29, 1.82) is 0 Å². The predicted molar refractivity (Wildman–Crippen MR) is 143 cm³/mol. The molecule has 0 spiro atoms. The molecule has 2 fully saturated rings. The summed E-state index contributed by atoms with van der Waals surface area (Å²) in [5, 5.41) is 16.3. The van der Waals surface area contributed by atoms with Gasteiger partial charge in [0.2, 0.25) is 11.8 Å². The zero-order valence-electron chi connectivity index (χ0n) is 23.1. The van der Waals surface area contributed by atoms with Crippen LogP contribution in [0.1, 0.15) is 104 Å². The van der Waals surface area contributed by atoms with Crippen molar-refractivity contribution in [3.8, 4) is 5.75 Å². The third kappa shape index (κ3) is 7.86. The molecule has 2 aliphatic carbocycles. The number of benzene rings is 1. The van der Waals surface area contributed by atoms with E-state index in [0.29, 0.717) is 12.0 Å². The third-order valence-corrected chi connectivity index (χ3v) is 7.54. The Labute approximate surface area is 221 Å². The highest BCUT2D eigenvalue weighted by Gasteiger charge is 2.43. The third-order valence-electron chi connectivity index (χ3n) is 7.54. The van der Waals surface area contributed by atoms with E-state index in [9.17, 15) is 19.5 Å². The zero-order chi connectivity index (χ0) is 27.2. The Bertz CT molecular complexity index is 934. The molecule has 3 amide bonds. The summed E-state index contributed by atoms with van der Waals surface area (Å²) in [6.07, 6.45) is 7.72. The number of nitrogens with one attached hydrogen (secondary N) is 2. The molecule has 3 unspecified atom stereocenters. The van der Waals surface area contributed by atoms with Crippen LogP contribution in [-0.4, -0.2) is 51.6 Å². The maximum Gasteiger partial charge on any atom is 0.408 e. The van der Waals surface area contributed by atoms with Gasteiger partial charge in [0.1, 0.15) is 23.4 Å². The van der Waals surface area contributed by atoms with Gasteiger partial charge in [-0.15, -0.1) is 0 Å². The van der Waals surface area contributed by atoms with Gasteiger partial charge in [-0.1, -0.05) is 51.7 Å². The van der Waals surface area contributed by atoms with Gasteiger partial charge in [-0.05, 0) is 76.5 Å². The molecule has 0 saturated heterocycles. The van der Waals surface area contributed by atoms with Crippen LogP contribution in [0.3, 0.4) is 0 Å². The fourth-order valence-corrected chi connectivity index (χ4v) is 5.12. The Morgan fingerprint density at radius 1 is 1.08 bits per heavy atom. The molecule has 1 aromatic rings. The smallest absolute Gasteiger partial charge is 0.408 e. The molecular weight excluding hydrogens is 470 g/mol. The number of carbonyl (C=O) groups is 3. The van der Waals surface area contributed by atoms with Gasteiger partial charge in [0, 0.05) is 12.1 Å². The number of ether oxygens (including phenoxy) is 1. The van der Waals surface area contributed by atoms with Crippen LogP contribution in [0, 0.1) is 5.92 Å². The summed E-state index contributed by atoms with van der Waals surface area (Å²) in [5.41, 5.74) is -0.140. The summed E-state index contributed by atoms with van der Waals surface area (Å²) in [5.74, 6) is -0.664. The molecule has 206 valence electrons. The zero-order valence-corrected chi connectivity index (χ0v) is 23.1. The standard InChI is InChI=1S/C29H45N3O5/c1-6-19(2)24(31-28(36)37-29(3,4)5)27(35)32(22-15-11-16-22)25(20-12-10-17-23(33)18-20)26(34)30-21-13-8-7-9-14-21/h10,12,17-19,21-22,24-25,33H,6-9,11,13-16H2,1-5H3,(H,30,34)(H,31,36). The van der Waals surface area contributed by atoms with E-state index in [-0.39, 0.29) is 35.6 Å². The molecule has 3 N–H and O–H groups in total. The van der Waals surface area contributed by atoms with Gasteiger partial charge in [-0.3, -0.25) is 9.59 Å². The number of hydrogen-bond donors (Lipinski definition) is 3. The number of phenols is 1. The normalized spacial score (nSPS) is 19.2. The molecule has 8 nitrogen and oxygen atoms in total. The van der Waals surface area contributed by atoms with Crippen molar-refractivity contribution in [1.82, 2.24) is 15.5 Å². The van der Waals surface area contributed by atoms with E-state index in [1.54, 1.807) is 49.9 Å². The summed E-state index contributed by atoms with van der Waals surface area (Å²) < 4.78 is 5.47. The summed E-state index contributed by atoms with van der Waals surface area (Å²) in [4.78, 5) is 42.6. The van der Waals surface area contributed by atoms with Gasteiger partial charge >= 0.3 is 6.09 Å². The lowest BCUT2D eigenvalue weighted by Crippen LogP contribution is -2.59. The Hall–Kier alpha value is -2.77. The fraction of sp³-hybridized carbons (Fsp3) is 0.690. The van der Waals surface area contributed by atoms with Crippen molar-refractivity contribution in [2.75, 3.05) is 0 Å². The first-order valence-corrected chi connectivity index (χ1v) is 13.9. The predicted octanol–water partition coefficient (Wildman–Crippen LogP) is 5.20. The second-order valence-corrected chi connectivity index (χ2v) is 11.7. The lowest BCUT2D eigenvalue weighted by Gasteiger charge is -2.44. The van der Waals surface area contributed by atoms with Crippen LogP contribution >= 0.6 is 0 Å². The summed E-state index contributed by atoms with van der Waals surface area (Å²) in [6, 6.07) is 4.80. The molecule has 0 heterocycles. The van der Waals surface area contributed by atoms with Gasteiger partial charge in [0.25, 0.3) is 0 Å². The molecule has 0 bridgehead atoms. The van der Waals surface area contributed by atoms with Crippen molar-refractivity contribution >= 4 is 17.9 Å². The summed E-state index contributed by atoms with van der Waals surface area (Å²) >= 11 is 0. The van der Waals surface area contributed by atoms with E-state index in [2.05, 4.69) is 10.6 Å². The van der Waals surface area contributed by atoms with E-state index in [1.165, 1.54) is 6.42 Å². The number of rotatable bonds is 9. The van der Waals surface area contributed by atoms with Crippen molar-refractivity contribution in [3.63, 3.8) is 0 Å². The Morgan fingerprint density at radius 2 is 1.76 bits per heavy atom. The molecule has 2 saturated carbocycles. The average Bonchev–Trinajstić information content (AvgIpc) is 2.79. The Kier molecular flexibility index (Phi) is 9.85. The molecule has 37 heavy (non-hydrogen) atoms. The van der Waals surface area contributed by atoms with Crippen LogP contribution in [0.15, 0.2) is 24.3 Å². The topological polar surface area (TPSA) is 108 Å². The molecule has 3 atom stereocenters. The first-order chi connectivity index (χ1) is 17.5. The van der Waals surface area contributed by atoms with Gasteiger partial charge < -0.3 is 25.4 Å². The van der Waals surface area contributed by atoms with Crippen molar-refractivity contribution in [3.05, 3.63) is 29.8 Å². The lowest BCUT2D eigenvalue weighted by molar-refractivity contribution is -0.148. The average molecular weight is 516 g/mol. The highest BCUT2D eigenvalue weighted by molar-refractivity contribution is 5.92. The molecule has 2 aliphatic rings. The molecule has 1 aromatic carbocycles. The molecule has 0 radical (unpaired) electrons. The second kappa shape index (κ2) is 12.7. The van der Waals surface area contributed by atoms with Crippen LogP contribution in [-0.2, 0) is 14.3 Å². The van der Waals surface area contributed by atoms with E-state index < -0.39 is 23.8 Å². The molecular formula is C29H45N3O5. The Morgan fingerprint density at radius 3 is 2.30 bits per heavy atom. The van der Waals surface area contributed by atoms with E-state index in [0.717, 1.165) is 44.9 Å². The van der Waals surface area contributed by atoms with Crippen LogP contribution in [0.2, 0.25) is 0 Å². The molecule has 8 heteroatoms. The minimum absolute atomic E-state index is 0.0410. The van der Waals surface area contributed by atoms with E-state index in [4.69, 9.17) is 4.74 Å². The number of nitrogens with zero attached hydrogens (tertiary/aromatic N) is 1. The summed E-state index contributed by atoms with van der Waals surface area (Å²) in [6.45, 7) is 9.23. The quantitative estimate of drug-likeness (QED) is 0.419. The number of hydrogen-bond acceptors (Lipinski definition) is 5. The van der Waals surface area contributed by atoms with Gasteiger partial charge in [0.15, 0.2) is 0 Å². The van der Waals surface area contributed by atoms with E-state index >= 15 is 0 Å². The highest BCUT2D eigenvalue weighted by atomic mass is 16.6. The highest BCUT2D eigenvalue weighted by Crippen LogP contribution is 2.35. The number of carbonyl (C=O) groups excluding carboxylic acids is 3. The largest absolute Gasteiger partial charge is 0.508 e. The second-order valence-electron chi connectivity index (χ2n) is 11.7. The molecule has 0 aliphatic heterocycles. The Balaban J connectivity index is 1.97. The molecule has 3 rings (SSSR count). The van der Waals surface area contributed by atoms with Crippen molar-refractivity contribution in [2.45, 2.75) is 122 Å². The van der Waals surface area contributed by atoms with Crippen LogP contribution in [0.4, 0.5) is 4.79 Å². The SMILES string of the molecule is CCC(C)C(NC(=O)OC(C)(C)C)C(=O)N(C1CCC1)C(C(=O)NC1CCCCC1)c1cccc(O)c1. The maximum atomic E-state index is 14.3. The monoisotopic (exact) mass is 515 g/mol. The maximum absolute atomic E-state index is 14.3. The fourth-order valence-electron chi connectivity index (χ4n) is 5.12. The first kappa shape index (κ1) is 28.8. The van der Waals surface area contributed by atoms with Crippen molar-refractivity contribution < 1.29 is 24.2 Å². The first-order valence-electron chi connectivity index (χ1n) is 13.9. The molecule has 0 aromatic heterocycles. The van der Waals surface area contributed by atoms with Crippen LogP contribution in [0.25, 0.3) is 0 Å². The lowest BCUT2D eigenvalue weighted by atomic mass is 9.86. The minimum Gasteiger partial charge on any atom is -0.508 e. The van der Waals surface area contributed by atoms with Crippen molar-refractivity contribution in [2.24, 2.45) is 5.92 Å². The number of aromatic hydroxyl groups is 1. The van der Waals surface area contributed by atoms with Crippen LogP contribution < -0.4 is 10.6 Å². The minimum atomic E-state index is -0.904.